The van der Waals surface area contributed by atoms with Crippen molar-refractivity contribution in [3.63, 3.8) is 0 Å². The van der Waals surface area contributed by atoms with Gasteiger partial charge in [-0.1, -0.05) is 30.3 Å². The summed E-state index contributed by atoms with van der Waals surface area (Å²) in [6, 6.07) is 14.5. The summed E-state index contributed by atoms with van der Waals surface area (Å²) in [5, 5.41) is 10.4. The molecule has 0 aliphatic rings. The second-order valence-corrected chi connectivity index (χ2v) is 3.72. The molecule has 1 aromatic heterocycles. The maximum absolute atomic E-state index is 12.2. The van der Waals surface area contributed by atoms with Crippen LogP contribution in [0.2, 0.25) is 0 Å². The molecule has 0 fully saturated rings. The van der Waals surface area contributed by atoms with Gasteiger partial charge in [-0.15, -0.1) is 0 Å². The molecule has 1 N–H and O–H groups in total. The minimum atomic E-state index is -0.00417. The molecule has 3 rings (SSSR count). The molecule has 0 aliphatic carbocycles. The normalized spacial score (nSPS) is 10.6. The second-order valence-electron chi connectivity index (χ2n) is 3.72. The van der Waals surface area contributed by atoms with Crippen LogP contribution in [0.3, 0.4) is 0 Å². The number of fused-ring (bicyclic) bond motifs is 1. The quantitative estimate of drug-likeness (QED) is 0.677. The van der Waals surface area contributed by atoms with Gasteiger partial charge in [-0.05, 0) is 18.2 Å². The van der Waals surface area contributed by atoms with E-state index in [2.05, 4.69) is 15.4 Å². The first-order valence-electron chi connectivity index (χ1n) is 5.25. The van der Waals surface area contributed by atoms with E-state index in [1.165, 1.54) is 0 Å². The summed E-state index contributed by atoms with van der Waals surface area (Å²) < 4.78 is 0. The number of aromatic nitrogens is 3. The molecule has 17 heavy (non-hydrogen) atoms. The van der Waals surface area contributed by atoms with Crippen LogP contribution >= 0.6 is 0 Å². The Balaban J connectivity index is 2.06. The van der Waals surface area contributed by atoms with E-state index >= 15 is 0 Å². The summed E-state index contributed by atoms with van der Waals surface area (Å²) >= 11 is 0. The third-order valence-corrected chi connectivity index (χ3v) is 2.61. The number of nitrogens with zero attached hydrogens (tertiary/aromatic N) is 2. The molecule has 3 aromatic rings. The van der Waals surface area contributed by atoms with Crippen molar-refractivity contribution in [2.75, 3.05) is 0 Å². The molecule has 0 radical (unpaired) electrons. The lowest BCUT2D eigenvalue weighted by Gasteiger charge is -2.00. The maximum Gasteiger partial charge on any atom is 0.193 e. The highest BCUT2D eigenvalue weighted by Crippen LogP contribution is 2.14. The Morgan fingerprint density at radius 2 is 1.65 bits per heavy atom. The van der Waals surface area contributed by atoms with Crippen LogP contribution in [0.1, 0.15) is 15.9 Å². The van der Waals surface area contributed by atoms with Gasteiger partial charge in [-0.3, -0.25) is 4.79 Å². The first-order chi connectivity index (χ1) is 8.34. The van der Waals surface area contributed by atoms with E-state index in [0.717, 1.165) is 5.52 Å². The van der Waals surface area contributed by atoms with Gasteiger partial charge in [-0.2, -0.15) is 15.4 Å². The third-order valence-electron chi connectivity index (χ3n) is 2.61. The number of H-pyrrole nitrogens is 1. The predicted molar refractivity (Wildman–Crippen MR) is 63.8 cm³/mol. The Bertz CT molecular complexity index is 673. The zero-order chi connectivity index (χ0) is 11.7. The summed E-state index contributed by atoms with van der Waals surface area (Å²) in [6.45, 7) is 0. The summed E-state index contributed by atoms with van der Waals surface area (Å²) in [7, 11) is 0. The number of hydrogen-bond acceptors (Lipinski definition) is 3. The Hall–Kier alpha value is -2.49. The van der Waals surface area contributed by atoms with Gasteiger partial charge in [-0.25, -0.2) is 0 Å². The average molecular weight is 223 g/mol. The fourth-order valence-electron chi connectivity index (χ4n) is 1.74. The molecule has 0 bridgehead atoms. The van der Waals surface area contributed by atoms with E-state index in [-0.39, 0.29) is 5.78 Å². The molecule has 0 amide bonds. The fourth-order valence-corrected chi connectivity index (χ4v) is 1.74. The van der Waals surface area contributed by atoms with Gasteiger partial charge < -0.3 is 0 Å². The van der Waals surface area contributed by atoms with Crippen LogP contribution in [0.25, 0.3) is 11.0 Å². The highest BCUT2D eigenvalue weighted by molar-refractivity contribution is 6.10. The maximum atomic E-state index is 12.2. The van der Waals surface area contributed by atoms with Crippen LogP contribution in [0.15, 0.2) is 48.5 Å². The minimum absolute atomic E-state index is 0.00417. The van der Waals surface area contributed by atoms with E-state index in [1.807, 2.05) is 18.2 Å². The Morgan fingerprint density at radius 3 is 2.47 bits per heavy atom. The molecule has 0 aliphatic heterocycles. The van der Waals surface area contributed by atoms with Gasteiger partial charge >= 0.3 is 0 Å². The molecule has 0 unspecified atom stereocenters. The number of benzene rings is 2. The van der Waals surface area contributed by atoms with E-state index < -0.39 is 0 Å². The molecular formula is C13H9N3O. The van der Waals surface area contributed by atoms with Crippen molar-refractivity contribution in [3.05, 3.63) is 59.7 Å². The van der Waals surface area contributed by atoms with Crippen LogP contribution in [0, 0.1) is 0 Å². The summed E-state index contributed by atoms with van der Waals surface area (Å²) in [6.07, 6.45) is 0. The molecule has 0 saturated carbocycles. The van der Waals surface area contributed by atoms with Crippen molar-refractivity contribution < 1.29 is 4.79 Å². The van der Waals surface area contributed by atoms with Crippen LogP contribution < -0.4 is 0 Å². The zero-order valence-electron chi connectivity index (χ0n) is 8.92. The number of carbonyl (C=O) groups excluding carboxylic acids is 1. The summed E-state index contributed by atoms with van der Waals surface area (Å²) in [5.41, 5.74) is 2.76. The molecule has 0 spiro atoms. The van der Waals surface area contributed by atoms with E-state index in [9.17, 15) is 4.79 Å². The van der Waals surface area contributed by atoms with Crippen LogP contribution in [-0.4, -0.2) is 21.2 Å². The third kappa shape index (κ3) is 1.69. The lowest BCUT2D eigenvalue weighted by Crippen LogP contribution is -2.00. The molecule has 1 heterocycles. The topological polar surface area (TPSA) is 58.6 Å². The van der Waals surface area contributed by atoms with Crippen LogP contribution in [0.4, 0.5) is 0 Å². The summed E-state index contributed by atoms with van der Waals surface area (Å²) in [4.78, 5) is 12.2. The predicted octanol–water partition coefficient (Wildman–Crippen LogP) is 2.19. The van der Waals surface area contributed by atoms with Crippen LogP contribution in [0.5, 0.6) is 0 Å². The number of nitrogens with one attached hydrogen (secondary N) is 1. The SMILES string of the molecule is O=C(c1ccccc1)c1ccc2n[nH]nc2c1. The molecular weight excluding hydrogens is 214 g/mol. The second kappa shape index (κ2) is 3.83. The molecule has 4 nitrogen and oxygen atoms in total. The first kappa shape index (κ1) is 9.72. The molecule has 82 valence electrons. The monoisotopic (exact) mass is 223 g/mol. The van der Waals surface area contributed by atoms with Crippen molar-refractivity contribution in [1.82, 2.24) is 15.4 Å². The van der Waals surface area contributed by atoms with Gasteiger partial charge in [0.1, 0.15) is 11.0 Å². The number of ketones is 1. The Kier molecular flexibility index (Phi) is 2.19. The number of hydrogen-bond donors (Lipinski definition) is 1. The lowest BCUT2D eigenvalue weighted by molar-refractivity contribution is 0.103. The fraction of sp³-hybridized carbons (Fsp3) is 0. The minimum Gasteiger partial charge on any atom is -0.289 e. The van der Waals surface area contributed by atoms with Gasteiger partial charge in [0.15, 0.2) is 5.78 Å². The van der Waals surface area contributed by atoms with Crippen molar-refractivity contribution in [2.24, 2.45) is 0 Å². The molecule has 0 saturated heterocycles. The van der Waals surface area contributed by atoms with Crippen molar-refractivity contribution in [3.8, 4) is 0 Å². The van der Waals surface area contributed by atoms with Gasteiger partial charge in [0.2, 0.25) is 0 Å². The molecule has 0 atom stereocenters. The number of aromatic amines is 1. The van der Waals surface area contributed by atoms with Gasteiger partial charge in [0.25, 0.3) is 0 Å². The van der Waals surface area contributed by atoms with Crippen molar-refractivity contribution in [2.45, 2.75) is 0 Å². The Labute approximate surface area is 97.3 Å². The van der Waals surface area contributed by atoms with Crippen molar-refractivity contribution >= 4 is 16.8 Å². The largest absolute Gasteiger partial charge is 0.289 e. The summed E-state index contributed by atoms with van der Waals surface area (Å²) in [5.74, 6) is -0.00417. The van der Waals surface area contributed by atoms with E-state index in [0.29, 0.717) is 16.6 Å². The number of rotatable bonds is 2. The molecule has 2 aromatic carbocycles. The van der Waals surface area contributed by atoms with Gasteiger partial charge in [0.05, 0.1) is 0 Å². The smallest absolute Gasteiger partial charge is 0.193 e. The first-order valence-corrected chi connectivity index (χ1v) is 5.25. The average Bonchev–Trinajstić information content (AvgIpc) is 2.86. The molecule has 4 heteroatoms. The highest BCUT2D eigenvalue weighted by Gasteiger charge is 2.09. The highest BCUT2D eigenvalue weighted by atomic mass is 16.1. The Morgan fingerprint density at radius 1 is 0.882 bits per heavy atom. The standard InChI is InChI=1S/C13H9N3O/c17-13(9-4-2-1-3-5-9)10-6-7-11-12(8-10)15-16-14-11/h1-8H,(H,14,15,16). The van der Waals surface area contributed by atoms with Crippen LogP contribution in [-0.2, 0) is 0 Å². The van der Waals surface area contributed by atoms with Crippen molar-refractivity contribution in [1.29, 1.82) is 0 Å². The van der Waals surface area contributed by atoms with E-state index in [1.54, 1.807) is 30.3 Å². The number of carbonyl (C=O) groups is 1. The lowest BCUT2D eigenvalue weighted by atomic mass is 10.0. The van der Waals surface area contributed by atoms with Gasteiger partial charge in [0, 0.05) is 11.1 Å². The van der Waals surface area contributed by atoms with E-state index in [4.69, 9.17) is 0 Å². The zero-order valence-corrected chi connectivity index (χ0v) is 8.92.